The van der Waals surface area contributed by atoms with Gasteiger partial charge in [0.15, 0.2) is 5.95 Å². The van der Waals surface area contributed by atoms with Crippen molar-refractivity contribution in [2.45, 2.75) is 24.9 Å². The summed E-state index contributed by atoms with van der Waals surface area (Å²) in [6.07, 6.45) is 6.05. The van der Waals surface area contributed by atoms with Crippen molar-refractivity contribution in [2.75, 3.05) is 0 Å². The molecule has 1 aliphatic carbocycles. The first-order valence-electron chi connectivity index (χ1n) is 4.53. The fourth-order valence-electron chi connectivity index (χ4n) is 1.81. The molecule has 13 heavy (non-hydrogen) atoms. The Morgan fingerprint density at radius 1 is 1.46 bits per heavy atom. The number of halogens is 1. The minimum atomic E-state index is -0.850. The highest BCUT2D eigenvalue weighted by Gasteiger charge is 2.42. The molecule has 0 saturated heterocycles. The Morgan fingerprint density at radius 2 is 2.15 bits per heavy atom. The summed E-state index contributed by atoms with van der Waals surface area (Å²) in [4.78, 5) is 0. The Labute approximate surface area is 76.7 Å². The molecule has 2 rings (SSSR count). The average Bonchev–Trinajstić information content (AvgIpc) is 1.93. The first kappa shape index (κ1) is 8.56. The summed E-state index contributed by atoms with van der Waals surface area (Å²) in [6.45, 7) is 0. The van der Waals surface area contributed by atoms with E-state index in [0.717, 1.165) is 19.3 Å². The summed E-state index contributed by atoms with van der Waals surface area (Å²) in [5.74, 6) is -0.133. The van der Waals surface area contributed by atoms with Gasteiger partial charge in [0.2, 0.25) is 0 Å². The molecule has 1 saturated carbocycles. The summed E-state index contributed by atoms with van der Waals surface area (Å²) in [5.41, 5.74) is 11.4. The van der Waals surface area contributed by atoms with Crippen molar-refractivity contribution in [1.82, 2.24) is 5.32 Å². The molecule has 1 unspecified atom stereocenters. The van der Waals surface area contributed by atoms with Crippen LogP contribution in [0.25, 0.3) is 0 Å². The van der Waals surface area contributed by atoms with Crippen molar-refractivity contribution in [3.8, 4) is 0 Å². The Kier molecular flexibility index (Phi) is 1.80. The van der Waals surface area contributed by atoms with Gasteiger partial charge in [-0.1, -0.05) is 6.42 Å². The third-order valence-electron chi connectivity index (χ3n) is 2.96. The zero-order chi connectivity index (χ0) is 9.47. The van der Waals surface area contributed by atoms with Crippen LogP contribution in [0, 0.1) is 5.92 Å². The quantitative estimate of drug-likeness (QED) is 0.524. The number of nitrogens with one attached hydrogen (secondary N) is 1. The van der Waals surface area contributed by atoms with E-state index < -0.39 is 11.6 Å². The average molecular weight is 183 g/mol. The zero-order valence-electron chi connectivity index (χ0n) is 7.39. The Hall–Kier alpha value is -1.03. The molecule has 72 valence electrons. The zero-order valence-corrected chi connectivity index (χ0v) is 7.39. The SMILES string of the molecule is NC1=CC=C(F)NC1(N)C1CCC1. The maximum atomic E-state index is 12.9. The monoisotopic (exact) mass is 183 g/mol. The molecule has 0 radical (unpaired) electrons. The van der Waals surface area contributed by atoms with Gasteiger partial charge < -0.3 is 16.8 Å². The number of nitrogens with two attached hydrogens (primary N) is 2. The van der Waals surface area contributed by atoms with E-state index in [0.29, 0.717) is 5.70 Å². The highest BCUT2D eigenvalue weighted by molar-refractivity contribution is 5.29. The standard InChI is InChI=1S/C9H14FN3/c10-8-5-4-7(11)9(12,13-8)6-2-1-3-6/h4-6,13H,1-3,11-12H2. The van der Waals surface area contributed by atoms with Gasteiger partial charge in [-0.05, 0) is 25.0 Å². The van der Waals surface area contributed by atoms with E-state index in [1.807, 2.05) is 0 Å². The van der Waals surface area contributed by atoms with E-state index in [2.05, 4.69) is 5.32 Å². The van der Waals surface area contributed by atoms with Crippen LogP contribution in [0.15, 0.2) is 23.8 Å². The highest BCUT2D eigenvalue weighted by Crippen LogP contribution is 2.37. The third kappa shape index (κ3) is 1.21. The fourth-order valence-corrected chi connectivity index (χ4v) is 1.81. The molecule has 0 aromatic heterocycles. The van der Waals surface area contributed by atoms with Crippen LogP contribution in [0.5, 0.6) is 0 Å². The predicted molar refractivity (Wildman–Crippen MR) is 48.9 cm³/mol. The van der Waals surface area contributed by atoms with E-state index in [9.17, 15) is 4.39 Å². The van der Waals surface area contributed by atoms with E-state index in [-0.39, 0.29) is 5.92 Å². The molecule has 1 atom stereocenters. The van der Waals surface area contributed by atoms with Crippen LogP contribution < -0.4 is 16.8 Å². The second-order valence-corrected chi connectivity index (χ2v) is 3.76. The van der Waals surface area contributed by atoms with Gasteiger partial charge in [0, 0.05) is 11.6 Å². The topological polar surface area (TPSA) is 64.1 Å². The molecule has 1 fully saturated rings. The number of hydrogen-bond donors (Lipinski definition) is 3. The Balaban J connectivity index is 2.22. The summed E-state index contributed by atoms with van der Waals surface area (Å²) >= 11 is 0. The van der Waals surface area contributed by atoms with Crippen LogP contribution in [0.1, 0.15) is 19.3 Å². The number of hydrogen-bond acceptors (Lipinski definition) is 3. The molecule has 0 spiro atoms. The van der Waals surface area contributed by atoms with Crippen molar-refractivity contribution >= 4 is 0 Å². The smallest absolute Gasteiger partial charge is 0.188 e. The molecule has 1 heterocycles. The molecule has 0 amide bonds. The lowest BCUT2D eigenvalue weighted by Crippen LogP contribution is -2.63. The van der Waals surface area contributed by atoms with Crippen molar-refractivity contribution in [3.05, 3.63) is 23.8 Å². The van der Waals surface area contributed by atoms with E-state index in [1.54, 1.807) is 6.08 Å². The molecule has 4 heteroatoms. The molecule has 1 aliphatic heterocycles. The van der Waals surface area contributed by atoms with Gasteiger partial charge in [-0.25, -0.2) is 0 Å². The number of dihydropyridines is 1. The lowest BCUT2D eigenvalue weighted by molar-refractivity contribution is 0.160. The lowest BCUT2D eigenvalue weighted by Gasteiger charge is -2.44. The first-order valence-corrected chi connectivity index (χ1v) is 4.53. The van der Waals surface area contributed by atoms with Crippen LogP contribution in [0.4, 0.5) is 4.39 Å². The predicted octanol–water partition coefficient (Wildman–Crippen LogP) is 0.698. The minimum Gasteiger partial charge on any atom is -0.399 e. The molecule has 5 N–H and O–H groups in total. The number of allylic oxidation sites excluding steroid dienone is 2. The minimum absolute atomic E-state index is 0.267. The molecular weight excluding hydrogens is 169 g/mol. The second-order valence-electron chi connectivity index (χ2n) is 3.76. The van der Waals surface area contributed by atoms with Gasteiger partial charge in [0.1, 0.15) is 5.66 Å². The maximum absolute atomic E-state index is 12.9. The van der Waals surface area contributed by atoms with Gasteiger partial charge in [-0.15, -0.1) is 0 Å². The maximum Gasteiger partial charge on any atom is 0.188 e. The number of rotatable bonds is 1. The first-order chi connectivity index (χ1) is 6.13. The van der Waals surface area contributed by atoms with E-state index in [1.165, 1.54) is 6.08 Å². The van der Waals surface area contributed by atoms with Gasteiger partial charge in [0.25, 0.3) is 0 Å². The van der Waals surface area contributed by atoms with Crippen LogP contribution in [0.3, 0.4) is 0 Å². The van der Waals surface area contributed by atoms with Gasteiger partial charge in [-0.3, -0.25) is 0 Å². The van der Waals surface area contributed by atoms with Crippen LogP contribution in [-0.4, -0.2) is 5.66 Å². The summed E-state index contributed by atoms with van der Waals surface area (Å²) in [5, 5.41) is 2.62. The normalized spacial score (nSPS) is 34.3. The molecule has 2 aliphatic rings. The highest BCUT2D eigenvalue weighted by atomic mass is 19.1. The summed E-state index contributed by atoms with van der Waals surface area (Å²) < 4.78 is 12.9. The fraction of sp³-hybridized carbons (Fsp3) is 0.556. The van der Waals surface area contributed by atoms with Crippen LogP contribution in [0.2, 0.25) is 0 Å². The largest absolute Gasteiger partial charge is 0.399 e. The molecule has 0 aromatic rings. The Bertz CT molecular complexity index is 281. The molecule has 0 bridgehead atoms. The second kappa shape index (κ2) is 2.73. The van der Waals surface area contributed by atoms with Gasteiger partial charge in [-0.2, -0.15) is 4.39 Å². The van der Waals surface area contributed by atoms with Crippen molar-refractivity contribution < 1.29 is 4.39 Å². The Morgan fingerprint density at radius 3 is 2.69 bits per heavy atom. The van der Waals surface area contributed by atoms with Crippen LogP contribution in [-0.2, 0) is 0 Å². The summed E-state index contributed by atoms with van der Waals surface area (Å²) in [6, 6.07) is 0. The van der Waals surface area contributed by atoms with Crippen molar-refractivity contribution in [1.29, 1.82) is 0 Å². The van der Waals surface area contributed by atoms with E-state index in [4.69, 9.17) is 11.5 Å². The van der Waals surface area contributed by atoms with E-state index >= 15 is 0 Å². The van der Waals surface area contributed by atoms with Crippen LogP contribution >= 0.6 is 0 Å². The van der Waals surface area contributed by atoms with Crippen molar-refractivity contribution in [2.24, 2.45) is 17.4 Å². The van der Waals surface area contributed by atoms with Crippen molar-refractivity contribution in [3.63, 3.8) is 0 Å². The summed E-state index contributed by atoms with van der Waals surface area (Å²) in [7, 11) is 0. The molecular formula is C9H14FN3. The molecule has 3 nitrogen and oxygen atoms in total. The lowest BCUT2D eigenvalue weighted by atomic mass is 9.74. The van der Waals surface area contributed by atoms with Gasteiger partial charge in [0.05, 0.1) is 0 Å². The van der Waals surface area contributed by atoms with Gasteiger partial charge >= 0.3 is 0 Å². The third-order valence-corrected chi connectivity index (χ3v) is 2.96. The molecule has 0 aromatic carbocycles.